The zero-order chi connectivity index (χ0) is 33.9. The highest BCUT2D eigenvalue weighted by molar-refractivity contribution is 7.09. The number of allylic oxidation sites excluding steroid dienone is 1. The standard InChI is InChI=1S/C10H14N2OS.C10H22.C5H7NO3.C5H12O2.C2H4O/c1-4-5-9-12-8(6-14-9)10(13)11-7(2)3;1-4-7-10(8-5-2)9-6-3;1-4(6-3-7)5(8)9-2;1-3-7-5-4-6-2;1-2-3/h6H,2,4-5H2,1,3H3,(H,11,13);10H,4-9H2,1-3H3;3H,1H2,2H3,(H,6,7);3-5H2,1-2H3;2H,1H3. The molecule has 0 fully saturated rings. The molecule has 1 heterocycles. The van der Waals surface area contributed by atoms with Crippen molar-refractivity contribution in [2.24, 2.45) is 5.92 Å². The third-order valence-corrected chi connectivity index (χ3v) is 5.88. The molecule has 2 N–H and O–H groups in total. The summed E-state index contributed by atoms with van der Waals surface area (Å²) in [5, 5.41) is 7.47. The number of aromatic nitrogens is 1. The summed E-state index contributed by atoms with van der Waals surface area (Å²) in [6.07, 6.45) is 11.5. The molecule has 0 bridgehead atoms. The van der Waals surface area contributed by atoms with Gasteiger partial charge in [-0.2, -0.15) is 0 Å². The van der Waals surface area contributed by atoms with Gasteiger partial charge >= 0.3 is 5.97 Å². The Kier molecular flexibility index (Phi) is 40.6. The van der Waals surface area contributed by atoms with Crippen molar-refractivity contribution in [3.8, 4) is 0 Å². The zero-order valence-electron chi connectivity index (χ0n) is 28.2. The summed E-state index contributed by atoms with van der Waals surface area (Å²) >= 11 is 1.53. The fraction of sp³-hybridized carbons (Fsp3) is 0.656. The molecule has 1 aromatic heterocycles. The lowest BCUT2D eigenvalue weighted by molar-refractivity contribution is -0.137. The molecule has 250 valence electrons. The fourth-order valence-corrected chi connectivity index (χ4v) is 4.08. The van der Waals surface area contributed by atoms with Crippen LogP contribution in [0.4, 0.5) is 0 Å². The molecular weight excluding hydrogens is 570 g/mol. The Morgan fingerprint density at radius 3 is 1.88 bits per heavy atom. The summed E-state index contributed by atoms with van der Waals surface area (Å²) in [7, 11) is 2.87. The number of ether oxygens (including phenoxy) is 3. The van der Waals surface area contributed by atoms with Crippen molar-refractivity contribution < 1.29 is 33.4 Å². The van der Waals surface area contributed by atoms with Crippen molar-refractivity contribution >= 4 is 35.9 Å². The SMILES string of the molecule is C=C(C)NC(=O)c1csc(CCC)n1.C=C(NC=O)C(=O)OC.CC=O.CCCC(CCC)CCC.CCOCCOC. The molecule has 0 aromatic carbocycles. The number of hydrogen-bond donors (Lipinski definition) is 2. The molecule has 0 aliphatic carbocycles. The smallest absolute Gasteiger partial charge is 0.353 e. The molecule has 0 unspecified atom stereocenters. The minimum absolute atomic E-state index is 0.0625. The zero-order valence-corrected chi connectivity index (χ0v) is 29.0. The number of hydrogen-bond acceptors (Lipinski definition) is 9. The molecule has 1 rings (SSSR count). The molecule has 11 heteroatoms. The van der Waals surface area contributed by atoms with E-state index < -0.39 is 5.97 Å². The van der Waals surface area contributed by atoms with Gasteiger partial charge < -0.3 is 29.6 Å². The molecule has 10 nitrogen and oxygen atoms in total. The van der Waals surface area contributed by atoms with E-state index in [1.165, 1.54) is 63.9 Å². The molecule has 0 saturated carbocycles. The quantitative estimate of drug-likeness (QED) is 0.0847. The number of aryl methyl sites for hydroxylation is 1. The maximum atomic E-state index is 11.4. The van der Waals surface area contributed by atoms with Crippen molar-refractivity contribution in [3.63, 3.8) is 0 Å². The molecule has 0 radical (unpaired) electrons. The van der Waals surface area contributed by atoms with E-state index in [9.17, 15) is 14.4 Å². The van der Waals surface area contributed by atoms with Gasteiger partial charge in [0.15, 0.2) is 0 Å². The van der Waals surface area contributed by atoms with E-state index >= 15 is 0 Å². The molecule has 0 aliphatic rings. The normalized spacial score (nSPS) is 9.16. The van der Waals surface area contributed by atoms with Crippen molar-refractivity contribution in [1.82, 2.24) is 15.6 Å². The second-order valence-electron chi connectivity index (χ2n) is 9.00. The Bertz CT molecular complexity index is 826. The first-order valence-electron chi connectivity index (χ1n) is 14.9. The molecule has 0 spiro atoms. The summed E-state index contributed by atoms with van der Waals surface area (Å²) in [4.78, 5) is 44.5. The Morgan fingerprint density at radius 1 is 0.977 bits per heavy atom. The van der Waals surface area contributed by atoms with Crippen LogP contribution >= 0.6 is 11.3 Å². The van der Waals surface area contributed by atoms with Gasteiger partial charge in [0.1, 0.15) is 17.7 Å². The Morgan fingerprint density at radius 2 is 1.51 bits per heavy atom. The highest BCUT2D eigenvalue weighted by Crippen LogP contribution is 2.18. The van der Waals surface area contributed by atoms with Crippen LogP contribution in [0.5, 0.6) is 0 Å². The van der Waals surface area contributed by atoms with Gasteiger partial charge in [-0.15, -0.1) is 11.3 Å². The van der Waals surface area contributed by atoms with Gasteiger partial charge in [0, 0.05) is 24.8 Å². The maximum Gasteiger partial charge on any atom is 0.353 e. The predicted octanol–water partition coefficient (Wildman–Crippen LogP) is 6.66. The van der Waals surface area contributed by atoms with Gasteiger partial charge in [-0.25, -0.2) is 9.78 Å². The number of carbonyl (C=O) groups is 4. The van der Waals surface area contributed by atoms with Crippen LogP contribution in [0.15, 0.2) is 29.9 Å². The van der Waals surface area contributed by atoms with E-state index in [-0.39, 0.29) is 11.6 Å². The van der Waals surface area contributed by atoms with Crippen LogP contribution in [0.2, 0.25) is 0 Å². The average molecular weight is 630 g/mol. The summed E-state index contributed by atoms with van der Waals surface area (Å²) in [5.74, 6) is 0.221. The van der Waals surface area contributed by atoms with Crippen LogP contribution in [0.3, 0.4) is 0 Å². The Balaban J connectivity index is -0.000000235. The molecule has 0 atom stereocenters. The average Bonchev–Trinajstić information content (AvgIpc) is 3.44. The number of rotatable bonds is 17. The lowest BCUT2D eigenvalue weighted by Gasteiger charge is -2.12. The topological polar surface area (TPSA) is 133 Å². The number of carbonyl (C=O) groups excluding carboxylic acids is 4. The third kappa shape index (κ3) is 35.2. The number of aldehydes is 1. The predicted molar refractivity (Wildman–Crippen MR) is 177 cm³/mol. The lowest BCUT2D eigenvalue weighted by Crippen LogP contribution is -2.20. The highest BCUT2D eigenvalue weighted by atomic mass is 32.1. The first kappa shape index (κ1) is 47.1. The second kappa shape index (κ2) is 37.1. The van der Waals surface area contributed by atoms with E-state index in [1.807, 2.05) is 12.2 Å². The van der Waals surface area contributed by atoms with Crippen LogP contribution in [0, 0.1) is 5.92 Å². The second-order valence-corrected chi connectivity index (χ2v) is 9.94. The first-order chi connectivity index (χ1) is 20.5. The number of nitrogens with one attached hydrogen (secondary N) is 2. The van der Waals surface area contributed by atoms with Crippen molar-refractivity contribution in [3.05, 3.63) is 40.6 Å². The lowest BCUT2D eigenvalue weighted by atomic mass is 9.94. The molecular formula is C32H59N3O7S. The van der Waals surface area contributed by atoms with Gasteiger partial charge in [-0.3, -0.25) is 9.59 Å². The summed E-state index contributed by atoms with van der Waals surface area (Å²) in [6.45, 7) is 23.1. The van der Waals surface area contributed by atoms with Crippen LogP contribution in [-0.4, -0.2) is 63.6 Å². The van der Waals surface area contributed by atoms with Gasteiger partial charge in [0.25, 0.3) is 5.91 Å². The monoisotopic (exact) mass is 629 g/mol. The maximum absolute atomic E-state index is 11.4. The number of methoxy groups -OCH3 is 2. The van der Waals surface area contributed by atoms with E-state index in [0.29, 0.717) is 31.0 Å². The molecule has 0 aliphatic heterocycles. The van der Waals surface area contributed by atoms with Crippen LogP contribution in [0.25, 0.3) is 0 Å². The number of thiazole rings is 1. The molecule has 43 heavy (non-hydrogen) atoms. The Hall–Kier alpha value is -2.89. The van der Waals surface area contributed by atoms with E-state index in [2.05, 4.69) is 55.9 Å². The number of esters is 1. The summed E-state index contributed by atoms with van der Waals surface area (Å²) < 4.78 is 13.9. The fourth-order valence-electron chi connectivity index (χ4n) is 3.20. The Labute approximate surface area is 265 Å². The third-order valence-electron chi connectivity index (χ3n) is 4.97. The van der Waals surface area contributed by atoms with E-state index in [4.69, 9.17) is 14.3 Å². The first-order valence-corrected chi connectivity index (χ1v) is 15.8. The van der Waals surface area contributed by atoms with Crippen molar-refractivity contribution in [2.75, 3.05) is 34.0 Å². The highest BCUT2D eigenvalue weighted by Gasteiger charge is 2.09. The van der Waals surface area contributed by atoms with E-state index in [0.717, 1.165) is 36.7 Å². The number of amides is 2. The minimum atomic E-state index is -0.637. The summed E-state index contributed by atoms with van der Waals surface area (Å²) in [5.41, 5.74) is 1.06. The van der Waals surface area contributed by atoms with Gasteiger partial charge in [-0.05, 0) is 39.5 Å². The molecule has 2 amide bonds. The largest absolute Gasteiger partial charge is 0.464 e. The minimum Gasteiger partial charge on any atom is -0.464 e. The number of nitrogens with zero attached hydrogens (tertiary/aromatic N) is 1. The van der Waals surface area contributed by atoms with Crippen molar-refractivity contribution in [2.45, 2.75) is 99.8 Å². The van der Waals surface area contributed by atoms with Crippen molar-refractivity contribution in [1.29, 1.82) is 0 Å². The van der Waals surface area contributed by atoms with Gasteiger partial charge in [-0.1, -0.05) is 79.4 Å². The van der Waals surface area contributed by atoms with Crippen LogP contribution < -0.4 is 10.6 Å². The molecule has 0 saturated heterocycles. The van der Waals surface area contributed by atoms with Crippen LogP contribution in [0.1, 0.15) is 109 Å². The summed E-state index contributed by atoms with van der Waals surface area (Å²) in [6, 6.07) is 0. The van der Waals surface area contributed by atoms with E-state index in [1.54, 1.807) is 19.4 Å². The van der Waals surface area contributed by atoms with Crippen LogP contribution in [-0.2, 0) is 35.0 Å². The van der Waals surface area contributed by atoms with Gasteiger partial charge in [0.05, 0.1) is 25.3 Å². The van der Waals surface area contributed by atoms with Gasteiger partial charge in [0.2, 0.25) is 6.41 Å². The molecule has 1 aromatic rings.